The van der Waals surface area contributed by atoms with Gasteiger partial charge < -0.3 is 35.5 Å². The second-order valence-electron chi connectivity index (χ2n) is 10.6. The molecule has 240 valence electrons. The van der Waals surface area contributed by atoms with Gasteiger partial charge in [0, 0.05) is 68.8 Å². The number of ether oxygens (including phenoxy) is 2. The molecule has 0 spiro atoms. The predicted molar refractivity (Wildman–Crippen MR) is 182 cm³/mol. The molecule has 0 atom stereocenters. The van der Waals surface area contributed by atoms with Crippen molar-refractivity contribution in [1.29, 1.82) is 0 Å². The molecular weight excluding hydrogens is 592 g/mol. The van der Waals surface area contributed by atoms with Crippen molar-refractivity contribution in [3.05, 3.63) is 60.8 Å². The summed E-state index contributed by atoms with van der Waals surface area (Å²) in [5.74, 6) is 1.94. The standard InChI is InChI=1S/C31H40N8O3S.CH2O/c1-4-25-31(42-24-8-6-7-21(19-24)33-28(40)5-2)36-30(29(32)35-25)34-22-9-10-26(27(20-22)41-3)38-13-11-23(12-14-38)37-15-17-39(43)18-16-37;1-2/h5-10,19-20,23,43H,2,4,11-18H2,1,3H3,(H2,32,35)(H,33,40)(H,34,36);1H2. The number of carbonyl (C=O) groups is 2. The quantitative estimate of drug-likeness (QED) is 0.185. The number of nitrogens with two attached hydrogens (primary N) is 1. The summed E-state index contributed by atoms with van der Waals surface area (Å²) in [6.45, 7) is 13.6. The SMILES string of the molecule is C=CC(=O)Nc1cccc(Oc2nc(Nc3ccc(N4CCC(N5CCN(S)CC5)CC4)c(OC)c3)c(N)nc2CC)c1.C=O. The van der Waals surface area contributed by atoms with Crippen molar-refractivity contribution in [2.75, 3.05) is 67.6 Å². The fraction of sp³-hybridized carbons (Fsp3) is 0.375. The van der Waals surface area contributed by atoms with E-state index in [1.165, 1.54) is 6.08 Å². The van der Waals surface area contributed by atoms with Crippen LogP contribution in [0.15, 0.2) is 55.1 Å². The third-order valence-electron chi connectivity index (χ3n) is 7.85. The number of nitrogens with zero attached hydrogens (tertiary/aromatic N) is 5. The average Bonchev–Trinajstić information content (AvgIpc) is 3.07. The van der Waals surface area contributed by atoms with Crippen LogP contribution in [-0.2, 0) is 16.0 Å². The van der Waals surface area contributed by atoms with E-state index in [2.05, 4.69) is 60.2 Å². The Morgan fingerprint density at radius 1 is 1.07 bits per heavy atom. The molecule has 3 aromatic rings. The van der Waals surface area contributed by atoms with Crippen LogP contribution < -0.4 is 30.7 Å². The number of methoxy groups -OCH3 is 1. The van der Waals surface area contributed by atoms with Crippen LogP contribution in [0, 0.1) is 0 Å². The molecule has 0 radical (unpaired) electrons. The minimum absolute atomic E-state index is 0.264. The van der Waals surface area contributed by atoms with Gasteiger partial charge in [-0.1, -0.05) is 32.4 Å². The van der Waals surface area contributed by atoms with Gasteiger partial charge in [-0.2, -0.15) is 4.98 Å². The van der Waals surface area contributed by atoms with Crippen molar-refractivity contribution in [1.82, 2.24) is 19.2 Å². The third-order valence-corrected chi connectivity index (χ3v) is 8.25. The largest absolute Gasteiger partial charge is 0.495 e. The Bertz CT molecular complexity index is 1460. The van der Waals surface area contributed by atoms with Gasteiger partial charge in [0.15, 0.2) is 11.6 Å². The number of nitrogens with one attached hydrogen (secondary N) is 2. The Hall–Kier alpha value is -4.33. The molecule has 2 aliphatic rings. The van der Waals surface area contributed by atoms with Crippen LogP contribution in [0.3, 0.4) is 0 Å². The Labute approximate surface area is 270 Å². The third kappa shape index (κ3) is 8.65. The molecule has 0 saturated carbocycles. The van der Waals surface area contributed by atoms with Gasteiger partial charge in [-0.25, -0.2) is 4.98 Å². The molecule has 0 bridgehead atoms. The maximum absolute atomic E-state index is 11.7. The van der Waals surface area contributed by atoms with E-state index in [-0.39, 0.29) is 11.7 Å². The first-order valence-corrected chi connectivity index (χ1v) is 15.3. The number of hydrogen-bond donors (Lipinski definition) is 4. The lowest BCUT2D eigenvalue weighted by Gasteiger charge is -2.42. The smallest absolute Gasteiger partial charge is 0.247 e. The number of carbonyl (C=O) groups excluding carboxylic acids is 2. The first-order valence-electron chi connectivity index (χ1n) is 14.9. The summed E-state index contributed by atoms with van der Waals surface area (Å²) >= 11 is 4.49. The monoisotopic (exact) mass is 634 g/mol. The van der Waals surface area contributed by atoms with Gasteiger partial charge >= 0.3 is 0 Å². The van der Waals surface area contributed by atoms with E-state index in [4.69, 9.17) is 20.0 Å². The molecule has 12 nitrogen and oxygen atoms in total. The highest BCUT2D eigenvalue weighted by Crippen LogP contribution is 2.36. The number of nitrogen functional groups attached to an aromatic ring is 1. The van der Waals surface area contributed by atoms with Crippen molar-refractivity contribution in [2.24, 2.45) is 0 Å². The van der Waals surface area contributed by atoms with Crippen molar-refractivity contribution >= 4 is 54.2 Å². The Kier molecular flexibility index (Phi) is 12.0. The molecule has 1 amide bonds. The molecule has 5 rings (SSSR count). The molecule has 2 saturated heterocycles. The fourth-order valence-electron chi connectivity index (χ4n) is 5.52. The lowest BCUT2D eigenvalue weighted by atomic mass is 10.0. The normalized spacial score (nSPS) is 15.8. The van der Waals surface area contributed by atoms with E-state index >= 15 is 0 Å². The summed E-state index contributed by atoms with van der Waals surface area (Å²) in [6, 6.07) is 13.7. The first-order chi connectivity index (χ1) is 21.9. The molecule has 2 aliphatic heterocycles. The van der Waals surface area contributed by atoms with Gasteiger partial charge in [0.2, 0.25) is 11.8 Å². The molecule has 45 heavy (non-hydrogen) atoms. The zero-order chi connectivity index (χ0) is 32.3. The number of aryl methyl sites for hydroxylation is 1. The predicted octanol–water partition coefficient (Wildman–Crippen LogP) is 4.54. The van der Waals surface area contributed by atoms with Crippen LogP contribution in [0.4, 0.5) is 28.7 Å². The van der Waals surface area contributed by atoms with Crippen LogP contribution in [0.2, 0.25) is 0 Å². The lowest BCUT2D eigenvalue weighted by molar-refractivity contribution is -0.111. The summed E-state index contributed by atoms with van der Waals surface area (Å²) in [7, 11) is 1.69. The highest BCUT2D eigenvalue weighted by Gasteiger charge is 2.28. The zero-order valence-electron chi connectivity index (χ0n) is 25.9. The number of anilines is 5. The van der Waals surface area contributed by atoms with E-state index in [1.54, 1.807) is 31.4 Å². The Morgan fingerprint density at radius 2 is 1.80 bits per heavy atom. The number of rotatable bonds is 10. The highest BCUT2D eigenvalue weighted by atomic mass is 32.1. The van der Waals surface area contributed by atoms with Gasteiger partial charge in [-0.05, 0) is 49.6 Å². The number of aromatic nitrogens is 2. The van der Waals surface area contributed by atoms with Gasteiger partial charge in [-0.15, -0.1) is 0 Å². The van der Waals surface area contributed by atoms with Gasteiger partial charge in [0.25, 0.3) is 0 Å². The molecule has 2 fully saturated rings. The Balaban J connectivity index is 0.00000226. The fourth-order valence-corrected chi connectivity index (χ4v) is 5.70. The van der Waals surface area contributed by atoms with Crippen LogP contribution in [0.5, 0.6) is 17.4 Å². The number of piperidine rings is 1. The van der Waals surface area contributed by atoms with Crippen molar-refractivity contribution in [3.8, 4) is 17.4 Å². The number of benzene rings is 2. The van der Waals surface area contributed by atoms with Crippen LogP contribution in [0.1, 0.15) is 25.5 Å². The van der Waals surface area contributed by atoms with Gasteiger partial charge in [0.05, 0.1) is 12.8 Å². The molecular formula is C32H42N8O4S. The topological polar surface area (TPSA) is 138 Å². The molecule has 0 aliphatic carbocycles. The van der Waals surface area contributed by atoms with Gasteiger partial charge in [-0.3, -0.25) is 14.0 Å². The second-order valence-corrected chi connectivity index (χ2v) is 11.2. The number of amides is 1. The number of hydrogen-bond acceptors (Lipinski definition) is 12. The van der Waals surface area contributed by atoms with Crippen molar-refractivity contribution < 1.29 is 19.1 Å². The van der Waals surface area contributed by atoms with E-state index in [0.717, 1.165) is 69.2 Å². The summed E-state index contributed by atoms with van der Waals surface area (Å²) in [5, 5.41) is 6.02. The minimum atomic E-state index is -0.306. The van der Waals surface area contributed by atoms with Crippen LogP contribution >= 0.6 is 12.8 Å². The average molecular weight is 635 g/mol. The van der Waals surface area contributed by atoms with Crippen molar-refractivity contribution in [3.63, 3.8) is 0 Å². The van der Waals surface area contributed by atoms with Crippen LogP contribution in [-0.4, -0.2) is 84.3 Å². The summed E-state index contributed by atoms with van der Waals surface area (Å²) < 4.78 is 14.0. The molecule has 13 heteroatoms. The van der Waals surface area contributed by atoms with Crippen LogP contribution in [0.25, 0.3) is 0 Å². The van der Waals surface area contributed by atoms with E-state index in [9.17, 15) is 4.79 Å². The summed E-state index contributed by atoms with van der Waals surface area (Å²) in [4.78, 5) is 33.9. The maximum Gasteiger partial charge on any atom is 0.247 e. The van der Waals surface area contributed by atoms with E-state index < -0.39 is 0 Å². The van der Waals surface area contributed by atoms with E-state index in [1.807, 2.05) is 25.8 Å². The van der Waals surface area contributed by atoms with Crippen molar-refractivity contribution in [2.45, 2.75) is 32.2 Å². The summed E-state index contributed by atoms with van der Waals surface area (Å²) in [6.07, 6.45) is 4.03. The van der Waals surface area contributed by atoms with E-state index in [0.29, 0.717) is 41.3 Å². The lowest BCUT2D eigenvalue weighted by Crippen LogP contribution is -2.51. The minimum Gasteiger partial charge on any atom is -0.495 e. The first kappa shape index (κ1) is 33.6. The Morgan fingerprint density at radius 3 is 2.47 bits per heavy atom. The molecule has 3 heterocycles. The number of thiol groups is 1. The number of piperazine rings is 1. The molecule has 0 unspecified atom stereocenters. The highest BCUT2D eigenvalue weighted by molar-refractivity contribution is 7.77. The summed E-state index contributed by atoms with van der Waals surface area (Å²) in [5.41, 5.74) is 9.34. The van der Waals surface area contributed by atoms with Gasteiger partial charge in [0.1, 0.15) is 24.0 Å². The molecule has 1 aromatic heterocycles. The molecule has 2 aromatic carbocycles. The second kappa shape index (κ2) is 16.1. The maximum atomic E-state index is 11.7. The molecule has 4 N–H and O–H groups in total. The zero-order valence-corrected chi connectivity index (χ0v) is 26.8.